The highest BCUT2D eigenvalue weighted by Gasteiger charge is 2.36. The Labute approximate surface area is 168 Å². The van der Waals surface area contributed by atoms with Crippen molar-refractivity contribution in [3.05, 3.63) is 105 Å². The summed E-state index contributed by atoms with van der Waals surface area (Å²) in [6.07, 6.45) is 0. The molecule has 0 spiro atoms. The summed E-state index contributed by atoms with van der Waals surface area (Å²) in [5.41, 5.74) is 6.94. The topological polar surface area (TPSA) is 44.0 Å². The summed E-state index contributed by atoms with van der Waals surface area (Å²) in [6, 6.07) is 21.4. The third kappa shape index (κ3) is 2.46. The van der Waals surface area contributed by atoms with E-state index in [1.54, 1.807) is 10.7 Å². The van der Waals surface area contributed by atoms with Gasteiger partial charge in [-0.3, -0.25) is 9.59 Å². The van der Waals surface area contributed by atoms with E-state index in [1.807, 2.05) is 80.1 Å². The van der Waals surface area contributed by atoms with Crippen molar-refractivity contribution in [3.8, 4) is 22.6 Å². The fraction of sp³-hybridized carbons (Fsp3) is 0.120. The maximum atomic E-state index is 13.5. The SMILES string of the molecule is Cc1ccc(-n2c(=O)c3c(n2-c2ccc(C)cc2C)-c2ccccc2C3=O)cc1. The summed E-state index contributed by atoms with van der Waals surface area (Å²) in [4.78, 5) is 26.6. The molecule has 0 fully saturated rings. The number of carbonyl (C=O) groups is 1. The lowest BCUT2D eigenvalue weighted by Gasteiger charge is -2.18. The Balaban J connectivity index is 1.94. The molecule has 5 rings (SSSR count). The Morgan fingerprint density at radius 3 is 2.03 bits per heavy atom. The van der Waals surface area contributed by atoms with Gasteiger partial charge in [0.05, 0.1) is 17.1 Å². The summed E-state index contributed by atoms with van der Waals surface area (Å²) < 4.78 is 3.52. The summed E-state index contributed by atoms with van der Waals surface area (Å²) >= 11 is 0. The van der Waals surface area contributed by atoms with E-state index in [4.69, 9.17) is 0 Å². The number of fused-ring (bicyclic) bond motifs is 3. The highest BCUT2D eigenvalue weighted by atomic mass is 16.2. The minimum atomic E-state index is -0.287. The van der Waals surface area contributed by atoms with Gasteiger partial charge in [-0.05, 0) is 44.5 Å². The fourth-order valence-corrected chi connectivity index (χ4v) is 4.17. The molecular formula is C25H20N2O2. The molecule has 1 aromatic heterocycles. The highest BCUT2D eigenvalue weighted by molar-refractivity contribution is 6.21. The van der Waals surface area contributed by atoms with Gasteiger partial charge < -0.3 is 0 Å². The van der Waals surface area contributed by atoms with Crippen LogP contribution in [-0.4, -0.2) is 15.1 Å². The Morgan fingerprint density at radius 1 is 0.690 bits per heavy atom. The molecule has 0 unspecified atom stereocenters. The van der Waals surface area contributed by atoms with Crippen LogP contribution < -0.4 is 5.56 Å². The molecule has 0 saturated heterocycles. The van der Waals surface area contributed by atoms with Crippen molar-refractivity contribution in [2.75, 3.05) is 0 Å². The van der Waals surface area contributed by atoms with E-state index in [9.17, 15) is 9.59 Å². The number of hydrogen-bond donors (Lipinski definition) is 0. The Bertz CT molecular complexity index is 1350. The number of carbonyl (C=O) groups excluding carboxylic acids is 1. The largest absolute Gasteiger partial charge is 0.288 e. The average Bonchev–Trinajstić information content (AvgIpc) is 3.16. The van der Waals surface area contributed by atoms with E-state index in [0.717, 1.165) is 33.6 Å². The van der Waals surface area contributed by atoms with E-state index >= 15 is 0 Å². The second-order valence-corrected chi connectivity index (χ2v) is 7.65. The number of aromatic nitrogens is 2. The molecule has 1 aliphatic carbocycles. The van der Waals surface area contributed by atoms with E-state index in [1.165, 1.54) is 0 Å². The molecule has 0 N–H and O–H groups in total. The fourth-order valence-electron chi connectivity index (χ4n) is 4.17. The lowest BCUT2D eigenvalue weighted by atomic mass is 10.1. The van der Waals surface area contributed by atoms with Crippen LogP contribution in [0.5, 0.6) is 0 Å². The van der Waals surface area contributed by atoms with E-state index in [2.05, 4.69) is 6.07 Å². The number of aryl methyl sites for hydroxylation is 3. The Morgan fingerprint density at radius 2 is 1.34 bits per heavy atom. The first-order valence-corrected chi connectivity index (χ1v) is 9.64. The van der Waals surface area contributed by atoms with E-state index in [0.29, 0.717) is 11.3 Å². The number of nitrogens with zero attached hydrogens (tertiary/aromatic N) is 2. The molecule has 0 bridgehead atoms. The molecule has 0 atom stereocenters. The molecule has 4 aromatic rings. The van der Waals surface area contributed by atoms with Gasteiger partial charge in [-0.2, -0.15) is 0 Å². The van der Waals surface area contributed by atoms with Crippen LogP contribution in [0, 0.1) is 20.8 Å². The smallest absolute Gasteiger partial charge is 0.283 e. The predicted molar refractivity (Wildman–Crippen MR) is 114 cm³/mol. The van der Waals surface area contributed by atoms with Gasteiger partial charge in [0, 0.05) is 11.1 Å². The zero-order chi connectivity index (χ0) is 20.3. The van der Waals surface area contributed by atoms with Crippen LogP contribution >= 0.6 is 0 Å². The van der Waals surface area contributed by atoms with Gasteiger partial charge in [-0.25, -0.2) is 9.36 Å². The van der Waals surface area contributed by atoms with Gasteiger partial charge in [0.1, 0.15) is 5.56 Å². The number of hydrogen-bond acceptors (Lipinski definition) is 2. The maximum Gasteiger partial charge on any atom is 0.283 e. The maximum absolute atomic E-state index is 13.5. The Hall–Kier alpha value is -3.66. The van der Waals surface area contributed by atoms with Crippen molar-refractivity contribution in [2.45, 2.75) is 20.8 Å². The minimum Gasteiger partial charge on any atom is -0.288 e. The van der Waals surface area contributed by atoms with Crippen molar-refractivity contribution < 1.29 is 4.79 Å². The molecule has 4 heteroatoms. The van der Waals surface area contributed by atoms with Crippen LogP contribution in [0.25, 0.3) is 22.6 Å². The number of ketones is 1. The summed E-state index contributed by atoms with van der Waals surface area (Å²) in [6.45, 7) is 6.08. The van der Waals surface area contributed by atoms with Gasteiger partial charge in [0.2, 0.25) is 5.78 Å². The zero-order valence-corrected chi connectivity index (χ0v) is 16.6. The molecule has 1 heterocycles. The van der Waals surface area contributed by atoms with Crippen molar-refractivity contribution in [2.24, 2.45) is 0 Å². The second kappa shape index (κ2) is 6.17. The van der Waals surface area contributed by atoms with Crippen LogP contribution in [0.1, 0.15) is 32.6 Å². The monoisotopic (exact) mass is 380 g/mol. The normalized spacial score (nSPS) is 12.2. The average molecular weight is 380 g/mol. The van der Waals surface area contributed by atoms with Crippen LogP contribution in [-0.2, 0) is 0 Å². The van der Waals surface area contributed by atoms with Gasteiger partial charge >= 0.3 is 0 Å². The quantitative estimate of drug-likeness (QED) is 0.443. The molecule has 0 radical (unpaired) electrons. The van der Waals surface area contributed by atoms with Crippen LogP contribution in [0.4, 0.5) is 0 Å². The van der Waals surface area contributed by atoms with Crippen molar-refractivity contribution >= 4 is 5.78 Å². The molecule has 1 aliphatic rings. The lowest BCUT2D eigenvalue weighted by Crippen LogP contribution is -2.24. The van der Waals surface area contributed by atoms with Gasteiger partial charge in [-0.1, -0.05) is 59.7 Å². The molecular weight excluding hydrogens is 360 g/mol. The number of rotatable bonds is 2. The van der Waals surface area contributed by atoms with Crippen molar-refractivity contribution in [3.63, 3.8) is 0 Å². The minimum absolute atomic E-state index is 0.204. The Kier molecular flexibility index (Phi) is 3.71. The first kappa shape index (κ1) is 17.4. The van der Waals surface area contributed by atoms with E-state index in [-0.39, 0.29) is 16.9 Å². The third-order valence-electron chi connectivity index (χ3n) is 5.57. The molecule has 0 aliphatic heterocycles. The molecule has 142 valence electrons. The zero-order valence-electron chi connectivity index (χ0n) is 16.6. The molecule has 29 heavy (non-hydrogen) atoms. The van der Waals surface area contributed by atoms with Gasteiger partial charge in [0.25, 0.3) is 5.56 Å². The predicted octanol–water partition coefficient (Wildman–Crippen LogP) is 4.76. The first-order chi connectivity index (χ1) is 14.0. The molecule has 4 nitrogen and oxygen atoms in total. The second-order valence-electron chi connectivity index (χ2n) is 7.65. The van der Waals surface area contributed by atoms with Crippen LogP contribution in [0.3, 0.4) is 0 Å². The van der Waals surface area contributed by atoms with Crippen molar-refractivity contribution in [1.29, 1.82) is 0 Å². The molecule has 0 amide bonds. The van der Waals surface area contributed by atoms with Gasteiger partial charge in [0.15, 0.2) is 0 Å². The summed E-state index contributed by atoms with van der Waals surface area (Å²) in [7, 11) is 0. The number of benzene rings is 3. The van der Waals surface area contributed by atoms with Crippen molar-refractivity contribution in [1.82, 2.24) is 9.36 Å². The molecule has 3 aromatic carbocycles. The summed E-state index contributed by atoms with van der Waals surface area (Å²) in [5, 5.41) is 0. The lowest BCUT2D eigenvalue weighted by molar-refractivity contribution is 0.104. The highest BCUT2D eigenvalue weighted by Crippen LogP contribution is 2.38. The van der Waals surface area contributed by atoms with E-state index < -0.39 is 0 Å². The summed E-state index contributed by atoms with van der Waals surface area (Å²) in [5.74, 6) is -0.204. The van der Waals surface area contributed by atoms with Crippen LogP contribution in [0.15, 0.2) is 71.5 Å². The third-order valence-corrected chi connectivity index (χ3v) is 5.57. The first-order valence-electron chi connectivity index (χ1n) is 9.64. The van der Waals surface area contributed by atoms with Gasteiger partial charge in [-0.15, -0.1) is 0 Å². The molecule has 0 saturated carbocycles. The van der Waals surface area contributed by atoms with Crippen LogP contribution in [0.2, 0.25) is 0 Å². The standard InChI is InChI=1S/C25H20N2O2/c1-15-8-11-18(12-9-15)26-25(29)22-23(19-6-4-5-7-20(19)24(22)28)27(26)21-13-10-16(2)14-17(21)3/h4-14H,1-3H3.